The number of aryl methyl sites for hydroxylation is 1. The third kappa shape index (κ3) is 6.10. The topological polar surface area (TPSA) is 87.2 Å². The van der Waals surface area contributed by atoms with E-state index in [9.17, 15) is 8.42 Å². The first-order valence-corrected chi connectivity index (χ1v) is 9.11. The summed E-state index contributed by atoms with van der Waals surface area (Å²) in [5, 5.41) is 8.78. The van der Waals surface area contributed by atoms with Gasteiger partial charge in [-0.25, -0.2) is 8.42 Å². The van der Waals surface area contributed by atoms with Crippen molar-refractivity contribution in [2.75, 3.05) is 13.1 Å². The normalized spacial score (nSPS) is 11.3. The Bertz CT molecular complexity index is 651. The lowest BCUT2D eigenvalue weighted by molar-refractivity contribution is 0.483. The predicted molar refractivity (Wildman–Crippen MR) is 91.6 cm³/mol. The van der Waals surface area contributed by atoms with E-state index >= 15 is 0 Å². The van der Waals surface area contributed by atoms with Gasteiger partial charge in [-0.05, 0) is 24.0 Å². The minimum atomic E-state index is -3.63. The Kier molecular flexibility index (Phi) is 7.45. The number of nitrogens with two attached hydrogens (primary N) is 1. The lowest BCUT2D eigenvalue weighted by Crippen LogP contribution is -2.38. The van der Waals surface area contributed by atoms with Crippen molar-refractivity contribution in [2.45, 2.75) is 31.9 Å². The van der Waals surface area contributed by atoms with Gasteiger partial charge in [0.2, 0.25) is 10.0 Å². The summed E-state index contributed by atoms with van der Waals surface area (Å²) in [5.41, 5.74) is 7.24. The van der Waals surface area contributed by atoms with Crippen LogP contribution in [0.2, 0.25) is 0 Å². The van der Waals surface area contributed by atoms with Crippen LogP contribution in [-0.4, -0.2) is 30.8 Å². The smallest absolute Gasteiger partial charge is 0.219 e. The molecule has 5 nitrogen and oxygen atoms in total. The third-order valence-electron chi connectivity index (χ3n) is 3.13. The largest absolute Gasteiger partial charge is 0.392 e. The van der Waals surface area contributed by atoms with Crippen molar-refractivity contribution in [1.82, 2.24) is 4.31 Å². The molecule has 1 aromatic rings. The summed E-state index contributed by atoms with van der Waals surface area (Å²) in [4.78, 5) is 0.0514. The van der Waals surface area contributed by atoms with Crippen molar-refractivity contribution in [3.05, 3.63) is 35.4 Å². The minimum Gasteiger partial charge on any atom is -0.392 e. The van der Waals surface area contributed by atoms with E-state index in [0.717, 1.165) is 29.1 Å². The van der Waals surface area contributed by atoms with Gasteiger partial charge in [0.25, 0.3) is 0 Å². The number of sulfonamides is 1. The highest BCUT2D eigenvalue weighted by Gasteiger charge is 2.23. The Balaban J connectivity index is 2.90. The molecule has 0 bridgehead atoms. The van der Waals surface area contributed by atoms with Gasteiger partial charge in [0.05, 0.1) is 23.4 Å². The molecule has 0 saturated heterocycles. The molecule has 0 atom stereocenters. The zero-order valence-corrected chi connectivity index (χ0v) is 14.3. The number of thiocarbonyl (C=S) groups is 1. The summed E-state index contributed by atoms with van der Waals surface area (Å²) < 4.78 is 25.8. The van der Waals surface area contributed by atoms with Crippen LogP contribution < -0.4 is 5.73 Å². The Labute approximate surface area is 137 Å². The van der Waals surface area contributed by atoms with Gasteiger partial charge in [-0.15, -0.1) is 0 Å². The summed E-state index contributed by atoms with van der Waals surface area (Å²) in [6, 6.07) is 9.37. The van der Waals surface area contributed by atoms with E-state index in [1.54, 1.807) is 6.07 Å². The van der Waals surface area contributed by atoms with Crippen molar-refractivity contribution in [1.29, 1.82) is 5.26 Å². The average molecular weight is 339 g/mol. The molecule has 0 aliphatic carbocycles. The maximum absolute atomic E-state index is 12.4. The second kappa shape index (κ2) is 8.83. The summed E-state index contributed by atoms with van der Waals surface area (Å²) in [5.74, 6) is -0.155. The summed E-state index contributed by atoms with van der Waals surface area (Å²) in [6.07, 6.45) is 3.09. The molecule has 2 N–H and O–H groups in total. The van der Waals surface area contributed by atoms with E-state index in [1.165, 1.54) is 0 Å². The number of hydrogen-bond donors (Lipinski definition) is 1. The van der Waals surface area contributed by atoms with Crippen LogP contribution in [0, 0.1) is 11.3 Å². The van der Waals surface area contributed by atoms with Gasteiger partial charge in [0, 0.05) is 0 Å². The first kappa shape index (κ1) is 18.6. The molecule has 120 valence electrons. The second-order valence-electron chi connectivity index (χ2n) is 5.07. The molecule has 0 heterocycles. The van der Waals surface area contributed by atoms with Gasteiger partial charge >= 0.3 is 0 Å². The molecule has 7 heteroatoms. The van der Waals surface area contributed by atoms with Crippen LogP contribution in [0.1, 0.15) is 30.9 Å². The van der Waals surface area contributed by atoms with Crippen LogP contribution in [0.4, 0.5) is 0 Å². The molecule has 0 spiro atoms. The molecule has 0 fully saturated rings. The van der Waals surface area contributed by atoms with Crippen molar-refractivity contribution >= 4 is 27.2 Å². The zero-order chi connectivity index (χ0) is 16.6. The molecule has 0 aliphatic heterocycles. The third-order valence-corrected chi connectivity index (χ3v) is 5.00. The molecule has 1 rings (SSSR count). The molecule has 0 saturated carbocycles. The zero-order valence-electron chi connectivity index (χ0n) is 12.7. The summed E-state index contributed by atoms with van der Waals surface area (Å²) in [6.45, 7) is 1.75. The molecule has 0 aromatic heterocycles. The van der Waals surface area contributed by atoms with E-state index in [4.69, 9.17) is 23.2 Å². The number of nitrogens with zero attached hydrogens (tertiary/aromatic N) is 2. The first-order chi connectivity index (χ1) is 10.4. The number of benzene rings is 1. The Hall–Kier alpha value is -1.49. The molecule has 0 unspecified atom stereocenters. The highest BCUT2D eigenvalue weighted by atomic mass is 32.2. The Morgan fingerprint density at radius 1 is 1.41 bits per heavy atom. The van der Waals surface area contributed by atoms with Crippen LogP contribution in [0.25, 0.3) is 0 Å². The minimum absolute atomic E-state index is 0.0514. The van der Waals surface area contributed by atoms with E-state index < -0.39 is 10.0 Å². The quantitative estimate of drug-likeness (QED) is 0.549. The SMILES string of the molecule is CCCCc1cccc(CS(=O)(=O)N(CC#N)CC(N)=S)c1. The van der Waals surface area contributed by atoms with E-state index in [1.807, 2.05) is 24.3 Å². The molecule has 0 aliphatic rings. The van der Waals surface area contributed by atoms with E-state index in [-0.39, 0.29) is 23.8 Å². The van der Waals surface area contributed by atoms with E-state index in [2.05, 4.69) is 6.92 Å². The van der Waals surface area contributed by atoms with Gasteiger partial charge in [0.1, 0.15) is 6.54 Å². The van der Waals surface area contributed by atoms with Gasteiger partial charge in [0.15, 0.2) is 0 Å². The highest BCUT2D eigenvalue weighted by Crippen LogP contribution is 2.14. The predicted octanol–water partition coefficient (Wildman–Crippen LogP) is 1.97. The fourth-order valence-electron chi connectivity index (χ4n) is 2.06. The average Bonchev–Trinajstić information content (AvgIpc) is 2.44. The monoisotopic (exact) mass is 339 g/mol. The van der Waals surface area contributed by atoms with E-state index in [0.29, 0.717) is 5.56 Å². The van der Waals surface area contributed by atoms with Crippen molar-refractivity contribution < 1.29 is 8.42 Å². The highest BCUT2D eigenvalue weighted by molar-refractivity contribution is 7.88. The van der Waals surface area contributed by atoms with Crippen LogP contribution in [0.3, 0.4) is 0 Å². The van der Waals surface area contributed by atoms with Crippen LogP contribution in [-0.2, 0) is 22.2 Å². The van der Waals surface area contributed by atoms with Crippen molar-refractivity contribution in [3.8, 4) is 6.07 Å². The molecular formula is C15H21N3O2S2. The lowest BCUT2D eigenvalue weighted by Gasteiger charge is -2.18. The molecule has 0 radical (unpaired) electrons. The molecule has 0 amide bonds. The maximum atomic E-state index is 12.4. The standard InChI is InChI=1S/C15H21N3O2S2/c1-2-3-5-13-6-4-7-14(10-13)12-22(19,20)18(9-8-16)11-15(17)21/h4,6-7,10H,2-3,5,9,11-12H2,1H3,(H2,17,21). The van der Waals surface area contributed by atoms with Gasteiger partial charge < -0.3 is 5.73 Å². The molecular weight excluding hydrogens is 318 g/mol. The van der Waals surface area contributed by atoms with Crippen LogP contribution >= 0.6 is 12.2 Å². The summed E-state index contributed by atoms with van der Waals surface area (Å²) in [7, 11) is -3.63. The van der Waals surface area contributed by atoms with Crippen molar-refractivity contribution in [3.63, 3.8) is 0 Å². The van der Waals surface area contributed by atoms with Gasteiger partial charge in [-0.1, -0.05) is 49.8 Å². The fourth-order valence-corrected chi connectivity index (χ4v) is 3.67. The van der Waals surface area contributed by atoms with Crippen LogP contribution in [0.5, 0.6) is 0 Å². The van der Waals surface area contributed by atoms with Gasteiger partial charge in [-0.3, -0.25) is 0 Å². The number of rotatable bonds is 9. The Morgan fingerprint density at radius 3 is 2.68 bits per heavy atom. The van der Waals surface area contributed by atoms with Crippen molar-refractivity contribution in [2.24, 2.45) is 5.73 Å². The summed E-state index contributed by atoms with van der Waals surface area (Å²) >= 11 is 4.75. The second-order valence-corrected chi connectivity index (χ2v) is 7.57. The molecule has 1 aromatic carbocycles. The number of nitriles is 1. The Morgan fingerprint density at radius 2 is 2.09 bits per heavy atom. The van der Waals surface area contributed by atoms with Gasteiger partial charge in [-0.2, -0.15) is 9.57 Å². The lowest BCUT2D eigenvalue weighted by atomic mass is 10.1. The number of hydrogen-bond acceptors (Lipinski definition) is 4. The maximum Gasteiger partial charge on any atom is 0.219 e. The van der Waals surface area contributed by atoms with Crippen LogP contribution in [0.15, 0.2) is 24.3 Å². The first-order valence-electron chi connectivity index (χ1n) is 7.10. The number of unbranched alkanes of at least 4 members (excludes halogenated alkanes) is 1. The fraction of sp³-hybridized carbons (Fsp3) is 0.467. The molecule has 22 heavy (non-hydrogen) atoms.